The second kappa shape index (κ2) is 8.89. The standard InChI is InChI=1S/C16H26N4O4/c1-3-4-6-20-15(22)13(14(21)18-16(20)23)12(2)17-5-7-19-8-10-24-11-9-19/h13H,3-11H2,1-2H3,(H,18,21,23)/t13-/m0/s1. The van der Waals surface area contributed by atoms with Crippen LogP contribution in [0, 0.1) is 5.92 Å². The summed E-state index contributed by atoms with van der Waals surface area (Å²) < 4.78 is 5.29. The van der Waals surface area contributed by atoms with Gasteiger partial charge in [0.2, 0.25) is 11.8 Å². The Bertz CT molecular complexity index is 514. The maximum absolute atomic E-state index is 12.5. The molecule has 0 aliphatic carbocycles. The van der Waals surface area contributed by atoms with Gasteiger partial charge in [0, 0.05) is 31.9 Å². The van der Waals surface area contributed by atoms with Crippen LogP contribution in [0.5, 0.6) is 0 Å². The molecule has 0 aromatic rings. The number of imide groups is 2. The summed E-state index contributed by atoms with van der Waals surface area (Å²) in [6.07, 6.45) is 1.58. The lowest BCUT2D eigenvalue weighted by Gasteiger charge is -2.30. The van der Waals surface area contributed by atoms with Crippen LogP contribution < -0.4 is 5.32 Å². The molecule has 4 amide bonds. The maximum Gasteiger partial charge on any atom is 0.330 e. The molecule has 0 bridgehead atoms. The molecule has 8 heteroatoms. The van der Waals surface area contributed by atoms with E-state index in [0.29, 0.717) is 25.2 Å². The van der Waals surface area contributed by atoms with Gasteiger partial charge in [-0.1, -0.05) is 13.3 Å². The van der Waals surface area contributed by atoms with E-state index in [1.165, 1.54) is 0 Å². The highest BCUT2D eigenvalue weighted by Crippen LogP contribution is 2.14. The third kappa shape index (κ3) is 4.61. The average Bonchev–Trinajstić information content (AvgIpc) is 2.55. The number of aliphatic imine (C=N–C) groups is 1. The third-order valence-corrected chi connectivity index (χ3v) is 4.28. The summed E-state index contributed by atoms with van der Waals surface area (Å²) in [6.45, 7) is 8.46. The number of ether oxygens (including phenoxy) is 1. The molecule has 2 fully saturated rings. The van der Waals surface area contributed by atoms with E-state index in [-0.39, 0.29) is 0 Å². The van der Waals surface area contributed by atoms with Crippen LogP contribution in [0.25, 0.3) is 0 Å². The Hall–Kier alpha value is -1.80. The Balaban J connectivity index is 1.96. The number of unbranched alkanes of at least 4 members (excludes halogenated alkanes) is 1. The second-order valence-electron chi connectivity index (χ2n) is 6.05. The van der Waals surface area contributed by atoms with E-state index >= 15 is 0 Å². The zero-order chi connectivity index (χ0) is 17.5. The number of urea groups is 1. The normalized spacial score (nSPS) is 23.6. The molecule has 1 atom stereocenters. The van der Waals surface area contributed by atoms with Gasteiger partial charge in [-0.05, 0) is 13.3 Å². The monoisotopic (exact) mass is 338 g/mol. The van der Waals surface area contributed by atoms with Crippen molar-refractivity contribution in [2.24, 2.45) is 10.9 Å². The zero-order valence-electron chi connectivity index (χ0n) is 14.4. The van der Waals surface area contributed by atoms with Gasteiger partial charge in [-0.15, -0.1) is 0 Å². The zero-order valence-corrected chi connectivity index (χ0v) is 14.4. The number of hydrogen-bond donors (Lipinski definition) is 1. The summed E-state index contributed by atoms with van der Waals surface area (Å²) in [6, 6.07) is -0.629. The quantitative estimate of drug-likeness (QED) is 0.532. The first-order chi connectivity index (χ1) is 11.5. The number of barbiturate groups is 1. The van der Waals surface area contributed by atoms with E-state index in [1.54, 1.807) is 6.92 Å². The highest BCUT2D eigenvalue weighted by atomic mass is 16.5. The Morgan fingerprint density at radius 3 is 2.62 bits per heavy atom. The van der Waals surface area contributed by atoms with Gasteiger partial charge < -0.3 is 4.74 Å². The lowest BCUT2D eigenvalue weighted by Crippen LogP contribution is -2.59. The van der Waals surface area contributed by atoms with E-state index in [9.17, 15) is 14.4 Å². The predicted octanol–water partition coefficient (Wildman–Crippen LogP) is 0.274. The van der Waals surface area contributed by atoms with Gasteiger partial charge in [0.25, 0.3) is 0 Å². The molecule has 0 radical (unpaired) electrons. The minimum absolute atomic E-state index is 0.325. The van der Waals surface area contributed by atoms with Crippen molar-refractivity contribution in [3.05, 3.63) is 0 Å². The van der Waals surface area contributed by atoms with E-state index in [4.69, 9.17) is 4.74 Å². The van der Waals surface area contributed by atoms with Crippen molar-refractivity contribution >= 4 is 23.6 Å². The number of nitrogens with zero attached hydrogens (tertiary/aromatic N) is 3. The van der Waals surface area contributed by atoms with Gasteiger partial charge in [0.15, 0.2) is 5.92 Å². The Labute approximate surface area is 142 Å². The minimum atomic E-state index is -0.996. The first kappa shape index (κ1) is 18.5. The molecule has 0 aromatic carbocycles. The number of carbonyl (C=O) groups excluding carboxylic acids is 3. The van der Waals surface area contributed by atoms with E-state index in [1.807, 2.05) is 6.92 Å². The lowest BCUT2D eigenvalue weighted by atomic mass is 9.99. The van der Waals surface area contributed by atoms with Crippen molar-refractivity contribution < 1.29 is 19.1 Å². The van der Waals surface area contributed by atoms with Gasteiger partial charge in [-0.25, -0.2) is 4.79 Å². The number of hydrogen-bond acceptors (Lipinski definition) is 6. The summed E-state index contributed by atoms with van der Waals surface area (Å²) in [4.78, 5) is 44.1. The van der Waals surface area contributed by atoms with Gasteiger partial charge in [0.05, 0.1) is 19.8 Å². The first-order valence-corrected chi connectivity index (χ1v) is 8.51. The summed E-state index contributed by atoms with van der Waals surface area (Å²) in [5.41, 5.74) is 0.458. The van der Waals surface area contributed by atoms with Crippen LogP contribution in [-0.2, 0) is 14.3 Å². The molecule has 134 valence electrons. The second-order valence-corrected chi connectivity index (χ2v) is 6.05. The topological polar surface area (TPSA) is 91.3 Å². The van der Waals surface area contributed by atoms with Crippen molar-refractivity contribution in [1.29, 1.82) is 0 Å². The van der Waals surface area contributed by atoms with Crippen molar-refractivity contribution in [2.75, 3.05) is 45.9 Å². The summed E-state index contributed by atoms with van der Waals surface area (Å²) in [5, 5.41) is 2.26. The fourth-order valence-electron chi connectivity index (χ4n) is 2.79. The summed E-state index contributed by atoms with van der Waals surface area (Å²) in [5.74, 6) is -2.04. The predicted molar refractivity (Wildman–Crippen MR) is 88.9 cm³/mol. The summed E-state index contributed by atoms with van der Waals surface area (Å²) in [7, 11) is 0. The minimum Gasteiger partial charge on any atom is -0.379 e. The maximum atomic E-state index is 12.5. The Morgan fingerprint density at radius 1 is 1.25 bits per heavy atom. The molecule has 2 heterocycles. The molecule has 0 unspecified atom stereocenters. The number of morpholine rings is 1. The fourth-order valence-corrected chi connectivity index (χ4v) is 2.79. The van der Waals surface area contributed by atoms with Gasteiger partial charge in [0.1, 0.15) is 0 Å². The average molecular weight is 338 g/mol. The van der Waals surface area contributed by atoms with Crippen LogP contribution >= 0.6 is 0 Å². The van der Waals surface area contributed by atoms with Crippen LogP contribution in [0.2, 0.25) is 0 Å². The van der Waals surface area contributed by atoms with E-state index in [0.717, 1.165) is 44.2 Å². The summed E-state index contributed by atoms with van der Waals surface area (Å²) >= 11 is 0. The van der Waals surface area contributed by atoms with Crippen LogP contribution in [0.3, 0.4) is 0 Å². The van der Waals surface area contributed by atoms with Crippen LogP contribution in [0.1, 0.15) is 26.7 Å². The van der Waals surface area contributed by atoms with Gasteiger partial charge >= 0.3 is 6.03 Å². The van der Waals surface area contributed by atoms with Crippen LogP contribution in [0.4, 0.5) is 4.79 Å². The first-order valence-electron chi connectivity index (χ1n) is 8.51. The van der Waals surface area contributed by atoms with E-state index < -0.39 is 23.8 Å². The van der Waals surface area contributed by atoms with Crippen LogP contribution in [-0.4, -0.2) is 79.3 Å². The number of amides is 4. The van der Waals surface area contributed by atoms with Crippen molar-refractivity contribution in [3.8, 4) is 0 Å². The molecule has 1 N–H and O–H groups in total. The van der Waals surface area contributed by atoms with Crippen molar-refractivity contribution in [3.63, 3.8) is 0 Å². The molecule has 0 spiro atoms. The van der Waals surface area contributed by atoms with Gasteiger partial charge in [-0.2, -0.15) is 0 Å². The fraction of sp³-hybridized carbons (Fsp3) is 0.750. The highest BCUT2D eigenvalue weighted by molar-refractivity contribution is 6.27. The smallest absolute Gasteiger partial charge is 0.330 e. The third-order valence-electron chi connectivity index (χ3n) is 4.28. The molecule has 2 saturated heterocycles. The molecular formula is C16H26N4O4. The Morgan fingerprint density at radius 2 is 1.96 bits per heavy atom. The molecule has 2 aliphatic rings. The Kier molecular flexibility index (Phi) is 6.86. The number of rotatable bonds is 7. The molecule has 8 nitrogen and oxygen atoms in total. The van der Waals surface area contributed by atoms with Crippen LogP contribution in [0.15, 0.2) is 4.99 Å². The largest absolute Gasteiger partial charge is 0.379 e. The highest BCUT2D eigenvalue weighted by Gasteiger charge is 2.41. The molecular weight excluding hydrogens is 312 g/mol. The lowest BCUT2D eigenvalue weighted by molar-refractivity contribution is -0.139. The molecule has 2 rings (SSSR count). The number of nitrogens with one attached hydrogen (secondary N) is 1. The number of carbonyl (C=O) groups is 3. The SMILES string of the molecule is CCCCN1C(=O)NC(=O)[C@H](C(C)=NCCN2CCOCC2)C1=O. The molecule has 24 heavy (non-hydrogen) atoms. The molecule has 0 saturated carbocycles. The molecule has 0 aromatic heterocycles. The van der Waals surface area contributed by atoms with Gasteiger partial charge in [-0.3, -0.25) is 29.7 Å². The van der Waals surface area contributed by atoms with E-state index in [2.05, 4.69) is 15.2 Å². The van der Waals surface area contributed by atoms with Crippen molar-refractivity contribution in [2.45, 2.75) is 26.7 Å². The molecule has 2 aliphatic heterocycles. The van der Waals surface area contributed by atoms with Crippen molar-refractivity contribution in [1.82, 2.24) is 15.1 Å².